The van der Waals surface area contributed by atoms with Crippen LogP contribution in [0.1, 0.15) is 20.7 Å². The number of hydrogen-bond donors (Lipinski definition) is 2. The molecule has 0 radical (unpaired) electrons. The summed E-state index contributed by atoms with van der Waals surface area (Å²) in [5, 5.41) is 0.417. The Morgan fingerprint density at radius 1 is 1.00 bits per heavy atom. The number of halogens is 2. The van der Waals surface area contributed by atoms with E-state index >= 15 is 0 Å². The van der Waals surface area contributed by atoms with Crippen LogP contribution in [0, 0.1) is 0 Å². The molecule has 0 heterocycles. The summed E-state index contributed by atoms with van der Waals surface area (Å²) in [4.78, 5) is 35.5. The van der Waals surface area contributed by atoms with Gasteiger partial charge in [0.2, 0.25) is 0 Å². The summed E-state index contributed by atoms with van der Waals surface area (Å²) >= 11 is 11.6. The van der Waals surface area contributed by atoms with Gasteiger partial charge in [-0.2, -0.15) is 0 Å². The lowest BCUT2D eigenvalue weighted by atomic mass is 10.2. The van der Waals surface area contributed by atoms with Crippen molar-refractivity contribution in [1.29, 1.82) is 0 Å². The van der Waals surface area contributed by atoms with Crippen molar-refractivity contribution in [2.45, 2.75) is 4.90 Å². The highest BCUT2D eigenvalue weighted by Gasteiger charge is 2.18. The van der Waals surface area contributed by atoms with Gasteiger partial charge in [0, 0.05) is 16.8 Å². The molecule has 8 nitrogen and oxygen atoms in total. The molecular formula is C17H14Cl2N2O6S. The maximum atomic E-state index is 12.1. The predicted molar refractivity (Wildman–Crippen MR) is 102 cm³/mol. The molecule has 2 amide bonds. The van der Waals surface area contributed by atoms with Crippen LogP contribution in [0.25, 0.3) is 0 Å². The van der Waals surface area contributed by atoms with Gasteiger partial charge in [-0.15, -0.1) is 0 Å². The molecule has 0 bridgehead atoms. The second-order valence-corrected chi connectivity index (χ2v) is 8.36. The number of hydrazine groups is 1. The van der Waals surface area contributed by atoms with Gasteiger partial charge in [-0.3, -0.25) is 20.4 Å². The third-order valence-electron chi connectivity index (χ3n) is 3.34. The second kappa shape index (κ2) is 9.05. The van der Waals surface area contributed by atoms with Crippen LogP contribution in [0.3, 0.4) is 0 Å². The van der Waals surface area contributed by atoms with E-state index in [0.717, 1.165) is 12.3 Å². The summed E-state index contributed by atoms with van der Waals surface area (Å²) in [5.74, 6) is -2.40. The molecule has 0 unspecified atom stereocenters. The summed E-state index contributed by atoms with van der Waals surface area (Å²) in [6.45, 7) is -0.723. The van der Waals surface area contributed by atoms with Crippen LogP contribution in [0.15, 0.2) is 47.4 Å². The average Bonchev–Trinajstić information content (AvgIpc) is 2.64. The molecule has 0 aliphatic rings. The average molecular weight is 445 g/mol. The molecule has 2 rings (SSSR count). The van der Waals surface area contributed by atoms with Gasteiger partial charge in [-0.25, -0.2) is 13.2 Å². The van der Waals surface area contributed by atoms with Crippen molar-refractivity contribution < 1.29 is 27.5 Å². The zero-order chi connectivity index (χ0) is 20.9. The van der Waals surface area contributed by atoms with Crippen LogP contribution in [0.4, 0.5) is 0 Å². The molecule has 0 saturated heterocycles. The predicted octanol–water partition coefficient (Wildman–Crippen LogP) is 2.01. The normalized spacial score (nSPS) is 10.8. The molecule has 2 aromatic carbocycles. The molecule has 0 aliphatic heterocycles. The Hall–Kier alpha value is -2.62. The lowest BCUT2D eigenvalue weighted by Crippen LogP contribution is -2.43. The maximum Gasteiger partial charge on any atom is 0.340 e. The number of ether oxygens (including phenoxy) is 1. The van der Waals surface area contributed by atoms with E-state index in [9.17, 15) is 22.8 Å². The zero-order valence-corrected chi connectivity index (χ0v) is 16.7. The Kier molecular flexibility index (Phi) is 7.00. The summed E-state index contributed by atoms with van der Waals surface area (Å²) in [5.41, 5.74) is 4.27. The van der Waals surface area contributed by atoms with Gasteiger partial charge in [0.05, 0.1) is 15.5 Å². The van der Waals surface area contributed by atoms with Crippen LogP contribution in [-0.2, 0) is 19.4 Å². The third-order valence-corrected chi connectivity index (χ3v) is 5.03. The first kappa shape index (κ1) is 21.7. The summed E-state index contributed by atoms with van der Waals surface area (Å²) in [6.07, 6.45) is 0.974. The van der Waals surface area contributed by atoms with Crippen molar-refractivity contribution in [2.75, 3.05) is 12.9 Å². The van der Waals surface area contributed by atoms with Crippen LogP contribution >= 0.6 is 23.2 Å². The van der Waals surface area contributed by atoms with Crippen molar-refractivity contribution >= 4 is 50.8 Å². The summed E-state index contributed by atoms with van der Waals surface area (Å²) in [7, 11) is -3.56. The number of benzene rings is 2. The summed E-state index contributed by atoms with van der Waals surface area (Å²) in [6, 6.07) is 9.47. The van der Waals surface area contributed by atoms with E-state index in [4.69, 9.17) is 27.9 Å². The quantitative estimate of drug-likeness (QED) is 0.537. The number of nitrogens with one attached hydrogen (secondary N) is 2. The molecule has 2 N–H and O–H groups in total. The smallest absolute Gasteiger partial charge is 0.340 e. The van der Waals surface area contributed by atoms with E-state index in [-0.39, 0.29) is 21.0 Å². The molecule has 28 heavy (non-hydrogen) atoms. The van der Waals surface area contributed by atoms with Gasteiger partial charge in [0.15, 0.2) is 16.4 Å². The molecular weight excluding hydrogens is 431 g/mol. The van der Waals surface area contributed by atoms with Crippen molar-refractivity contribution in [3.8, 4) is 0 Å². The van der Waals surface area contributed by atoms with Crippen LogP contribution in [-0.4, -0.2) is 39.1 Å². The third kappa shape index (κ3) is 5.95. The van der Waals surface area contributed by atoms with Gasteiger partial charge in [0.25, 0.3) is 11.8 Å². The Morgan fingerprint density at radius 3 is 2.25 bits per heavy atom. The lowest BCUT2D eigenvalue weighted by Gasteiger charge is -2.09. The van der Waals surface area contributed by atoms with E-state index in [1.165, 1.54) is 36.4 Å². The highest BCUT2D eigenvalue weighted by Crippen LogP contribution is 2.21. The molecule has 0 aromatic heterocycles. The Morgan fingerprint density at radius 2 is 1.64 bits per heavy atom. The minimum Gasteiger partial charge on any atom is -0.452 e. The van der Waals surface area contributed by atoms with E-state index in [2.05, 4.69) is 10.9 Å². The molecule has 11 heteroatoms. The fraction of sp³-hybridized carbons (Fsp3) is 0.118. The second-order valence-electron chi connectivity index (χ2n) is 5.50. The van der Waals surface area contributed by atoms with Crippen LogP contribution in [0.5, 0.6) is 0 Å². The molecule has 0 atom stereocenters. The first-order chi connectivity index (χ1) is 13.1. The minimum atomic E-state index is -3.56. The number of rotatable bonds is 5. The number of carbonyl (C=O) groups excluding carboxylic acids is 3. The first-order valence-corrected chi connectivity index (χ1v) is 10.2. The highest BCUT2D eigenvalue weighted by atomic mass is 35.5. The summed E-state index contributed by atoms with van der Waals surface area (Å²) < 4.78 is 27.9. The van der Waals surface area contributed by atoms with E-state index < -0.39 is 34.2 Å². The molecule has 0 saturated carbocycles. The number of carbonyl (C=O) groups is 3. The topological polar surface area (TPSA) is 119 Å². The monoisotopic (exact) mass is 444 g/mol. The van der Waals surface area contributed by atoms with E-state index in [1.54, 1.807) is 0 Å². The van der Waals surface area contributed by atoms with Crippen molar-refractivity contribution in [2.24, 2.45) is 0 Å². The molecule has 0 spiro atoms. The van der Waals surface area contributed by atoms with Gasteiger partial charge in [0.1, 0.15) is 0 Å². The van der Waals surface area contributed by atoms with Crippen LogP contribution in [0.2, 0.25) is 10.0 Å². The highest BCUT2D eigenvalue weighted by molar-refractivity contribution is 7.90. The van der Waals surface area contributed by atoms with Gasteiger partial charge in [-0.05, 0) is 42.5 Å². The zero-order valence-electron chi connectivity index (χ0n) is 14.4. The number of sulfone groups is 1. The number of esters is 1. The minimum absolute atomic E-state index is 0.0335. The van der Waals surface area contributed by atoms with Crippen molar-refractivity contribution in [1.82, 2.24) is 10.9 Å². The van der Waals surface area contributed by atoms with Gasteiger partial charge < -0.3 is 4.74 Å². The first-order valence-electron chi connectivity index (χ1n) is 7.59. The van der Waals surface area contributed by atoms with Gasteiger partial charge >= 0.3 is 5.97 Å². The Bertz CT molecular complexity index is 1020. The Labute approximate surface area is 170 Å². The largest absolute Gasteiger partial charge is 0.452 e. The fourth-order valence-corrected chi connectivity index (χ4v) is 2.90. The van der Waals surface area contributed by atoms with Crippen LogP contribution < -0.4 is 10.9 Å². The SMILES string of the molecule is CS(=O)(=O)c1ccc(Cl)c(C(=O)OCC(=O)NNC(=O)c2ccc(Cl)cc2)c1. The van der Waals surface area contributed by atoms with E-state index in [0.29, 0.717) is 5.02 Å². The van der Waals surface area contributed by atoms with E-state index in [1.807, 2.05) is 0 Å². The lowest BCUT2D eigenvalue weighted by molar-refractivity contribution is -0.125. The molecule has 0 aliphatic carbocycles. The molecule has 0 fully saturated rings. The molecule has 148 valence electrons. The van der Waals surface area contributed by atoms with Crippen molar-refractivity contribution in [3.05, 3.63) is 63.6 Å². The van der Waals surface area contributed by atoms with Gasteiger partial charge in [-0.1, -0.05) is 23.2 Å². The number of hydrogen-bond acceptors (Lipinski definition) is 6. The number of amides is 2. The molecule has 2 aromatic rings. The fourth-order valence-electron chi connectivity index (χ4n) is 1.94. The maximum absolute atomic E-state index is 12.1. The Balaban J connectivity index is 1.91. The standard InChI is InChI=1S/C17H14Cl2N2O6S/c1-28(25,26)12-6-7-14(19)13(8-12)17(24)27-9-15(22)20-21-16(23)10-2-4-11(18)5-3-10/h2-8H,9H2,1H3,(H,20,22)(H,21,23). The van der Waals surface area contributed by atoms with Crippen molar-refractivity contribution in [3.63, 3.8) is 0 Å².